The minimum Gasteiger partial charge on any atom is -0.496 e. The minimum absolute atomic E-state index is 0.0295. The van der Waals surface area contributed by atoms with Crippen LogP contribution in [-0.2, 0) is 17.9 Å². The van der Waals surface area contributed by atoms with E-state index in [1.807, 2.05) is 36.4 Å². The first-order chi connectivity index (χ1) is 20.8. The van der Waals surface area contributed by atoms with Gasteiger partial charge in [0.05, 0.1) is 29.8 Å². The Morgan fingerprint density at radius 3 is 2.58 bits per heavy atom. The Bertz CT molecular complexity index is 1430. The number of ether oxygens (including phenoxy) is 3. The van der Waals surface area contributed by atoms with Crippen LogP contribution in [0.2, 0.25) is 10.0 Å². The quantitative estimate of drug-likeness (QED) is 0.249. The number of nitrogens with one attached hydrogen (secondary N) is 2. The van der Waals surface area contributed by atoms with Gasteiger partial charge in [-0.1, -0.05) is 53.5 Å². The number of benzene rings is 3. The summed E-state index contributed by atoms with van der Waals surface area (Å²) in [7, 11) is 3.78. The number of amides is 1. The number of likely N-dealkylation sites (tertiary alicyclic amines) is 1. The van der Waals surface area contributed by atoms with Crippen LogP contribution in [0.15, 0.2) is 48.5 Å². The molecule has 2 heterocycles. The molecule has 2 atom stereocenters. The Morgan fingerprint density at radius 1 is 0.977 bits per heavy atom. The molecule has 0 radical (unpaired) electrons. The summed E-state index contributed by atoms with van der Waals surface area (Å²) < 4.78 is 18.1. The number of halogens is 2. The average molecular weight is 627 g/mol. The van der Waals surface area contributed by atoms with E-state index in [4.69, 9.17) is 37.4 Å². The molecule has 2 aliphatic heterocycles. The maximum absolute atomic E-state index is 12.1. The third-order valence-corrected chi connectivity index (χ3v) is 9.12. The number of rotatable bonds is 11. The van der Waals surface area contributed by atoms with E-state index in [1.165, 1.54) is 12.8 Å². The molecule has 0 aromatic heterocycles. The van der Waals surface area contributed by atoms with Crippen LogP contribution in [0, 0.1) is 12.8 Å². The SMILES string of the molecule is COc1cc(OCc2cccc(-c3cccc(OCC4CCCN(C)C4)c3Cl)c2C)c(Cl)cc1CNC1CCCNC1=O. The highest BCUT2D eigenvalue weighted by Crippen LogP contribution is 2.39. The molecule has 0 spiro atoms. The normalized spacial score (nSPS) is 19.1. The summed E-state index contributed by atoms with van der Waals surface area (Å²) >= 11 is 13.6. The van der Waals surface area contributed by atoms with Crippen molar-refractivity contribution in [3.63, 3.8) is 0 Å². The van der Waals surface area contributed by atoms with Crippen LogP contribution in [0.1, 0.15) is 42.4 Å². The van der Waals surface area contributed by atoms with E-state index in [9.17, 15) is 4.79 Å². The third kappa shape index (κ3) is 7.76. The molecule has 3 aromatic rings. The lowest BCUT2D eigenvalue weighted by molar-refractivity contribution is -0.124. The van der Waals surface area contributed by atoms with E-state index in [0.29, 0.717) is 53.0 Å². The van der Waals surface area contributed by atoms with E-state index in [2.05, 4.69) is 35.6 Å². The molecule has 43 heavy (non-hydrogen) atoms. The predicted molar refractivity (Wildman–Crippen MR) is 173 cm³/mol. The van der Waals surface area contributed by atoms with Crippen molar-refractivity contribution in [3.8, 4) is 28.4 Å². The zero-order chi connectivity index (χ0) is 30.3. The van der Waals surface area contributed by atoms with Crippen LogP contribution >= 0.6 is 23.2 Å². The van der Waals surface area contributed by atoms with Gasteiger partial charge >= 0.3 is 0 Å². The maximum Gasteiger partial charge on any atom is 0.237 e. The van der Waals surface area contributed by atoms with Crippen molar-refractivity contribution in [2.75, 3.05) is 40.4 Å². The Hall–Kier alpha value is -2.97. The second-order valence-electron chi connectivity index (χ2n) is 11.5. The van der Waals surface area contributed by atoms with Crippen LogP contribution in [0.4, 0.5) is 0 Å². The van der Waals surface area contributed by atoms with E-state index in [1.54, 1.807) is 13.2 Å². The molecule has 2 fully saturated rings. The van der Waals surface area contributed by atoms with Crippen LogP contribution in [-0.4, -0.2) is 57.2 Å². The predicted octanol–water partition coefficient (Wildman–Crippen LogP) is 6.65. The second kappa shape index (κ2) is 14.7. The lowest BCUT2D eigenvalue weighted by Gasteiger charge is -2.29. The number of piperidine rings is 2. The molecule has 3 aromatic carbocycles. The first-order valence-corrected chi connectivity index (χ1v) is 15.8. The van der Waals surface area contributed by atoms with Crippen LogP contribution < -0.4 is 24.8 Å². The Balaban J connectivity index is 1.27. The summed E-state index contributed by atoms with van der Waals surface area (Å²) in [5.41, 5.74) is 4.93. The largest absolute Gasteiger partial charge is 0.496 e. The van der Waals surface area contributed by atoms with E-state index in [-0.39, 0.29) is 11.9 Å². The lowest BCUT2D eigenvalue weighted by atomic mass is 9.96. The van der Waals surface area contributed by atoms with E-state index >= 15 is 0 Å². The number of carbonyl (C=O) groups is 1. The molecule has 0 aliphatic carbocycles. The van der Waals surface area contributed by atoms with E-state index < -0.39 is 0 Å². The molecule has 2 unspecified atom stereocenters. The zero-order valence-electron chi connectivity index (χ0n) is 25.2. The van der Waals surface area contributed by atoms with Crippen molar-refractivity contribution >= 4 is 29.1 Å². The van der Waals surface area contributed by atoms with Gasteiger partial charge in [-0.05, 0) is 75.0 Å². The second-order valence-corrected chi connectivity index (χ2v) is 12.3. The highest BCUT2D eigenvalue weighted by atomic mass is 35.5. The standard InChI is InChI=1S/C34H41Cl2N3O4/c1-22-24(21-43-32-17-31(41-3)25(16-28(32)35)18-38-29-12-6-14-37-34(29)40)9-4-10-26(22)27-11-5-13-30(33(27)36)42-20-23-8-7-15-39(2)19-23/h4-5,9-11,13,16-17,23,29,38H,6-8,12,14-15,18-21H2,1-3H3,(H,37,40). The smallest absolute Gasteiger partial charge is 0.237 e. The molecule has 9 heteroatoms. The Kier molecular flexibility index (Phi) is 10.7. The highest BCUT2D eigenvalue weighted by Gasteiger charge is 2.23. The molecule has 2 saturated heterocycles. The van der Waals surface area contributed by atoms with Crippen molar-refractivity contribution in [2.24, 2.45) is 5.92 Å². The van der Waals surface area contributed by atoms with Gasteiger partial charge in [-0.25, -0.2) is 0 Å². The van der Waals surface area contributed by atoms with Crippen molar-refractivity contribution in [2.45, 2.75) is 51.8 Å². The van der Waals surface area contributed by atoms with Gasteiger partial charge in [0.15, 0.2) is 0 Å². The van der Waals surface area contributed by atoms with Crippen molar-refractivity contribution < 1.29 is 19.0 Å². The molecular formula is C34H41Cl2N3O4. The fraction of sp³-hybridized carbons (Fsp3) is 0.441. The fourth-order valence-electron chi connectivity index (χ4n) is 5.95. The first-order valence-electron chi connectivity index (χ1n) is 15.0. The first kappa shape index (κ1) is 31.5. The number of carbonyl (C=O) groups excluding carboxylic acids is 1. The number of hydrogen-bond donors (Lipinski definition) is 2. The molecule has 0 bridgehead atoms. The summed E-state index contributed by atoms with van der Waals surface area (Å²) in [6.45, 7) is 6.45. The minimum atomic E-state index is -0.219. The van der Waals surface area contributed by atoms with Gasteiger partial charge in [-0.3, -0.25) is 4.79 Å². The molecule has 7 nitrogen and oxygen atoms in total. The molecule has 1 amide bonds. The van der Waals surface area contributed by atoms with Gasteiger partial charge in [0.1, 0.15) is 23.9 Å². The lowest BCUT2D eigenvalue weighted by Crippen LogP contribution is -2.47. The molecule has 5 rings (SSSR count). The molecule has 2 N–H and O–H groups in total. The van der Waals surface area contributed by atoms with Crippen LogP contribution in [0.5, 0.6) is 17.2 Å². The maximum atomic E-state index is 12.1. The summed E-state index contributed by atoms with van der Waals surface area (Å²) in [5.74, 6) is 2.43. The van der Waals surface area contributed by atoms with Crippen LogP contribution in [0.3, 0.4) is 0 Å². The highest BCUT2D eigenvalue weighted by molar-refractivity contribution is 6.35. The number of methoxy groups -OCH3 is 1. The molecule has 0 saturated carbocycles. The van der Waals surface area contributed by atoms with Crippen LogP contribution in [0.25, 0.3) is 11.1 Å². The van der Waals surface area contributed by atoms with Crippen molar-refractivity contribution in [1.82, 2.24) is 15.5 Å². The summed E-state index contributed by atoms with van der Waals surface area (Å²) in [6, 6.07) is 15.5. The van der Waals surface area contributed by atoms with Gasteiger partial charge in [0.25, 0.3) is 0 Å². The van der Waals surface area contributed by atoms with E-state index in [0.717, 1.165) is 60.3 Å². The van der Waals surface area contributed by atoms with Gasteiger partial charge in [0, 0.05) is 42.7 Å². The average Bonchev–Trinajstić information content (AvgIpc) is 3.00. The Labute approximate surface area is 264 Å². The Morgan fingerprint density at radius 2 is 1.79 bits per heavy atom. The van der Waals surface area contributed by atoms with Gasteiger partial charge < -0.3 is 29.7 Å². The number of hydrogen-bond acceptors (Lipinski definition) is 6. The van der Waals surface area contributed by atoms with Crippen molar-refractivity contribution in [3.05, 3.63) is 75.3 Å². The summed E-state index contributed by atoms with van der Waals surface area (Å²) in [4.78, 5) is 14.5. The monoisotopic (exact) mass is 625 g/mol. The molecular weight excluding hydrogens is 585 g/mol. The third-order valence-electron chi connectivity index (χ3n) is 8.44. The number of nitrogens with zero attached hydrogens (tertiary/aromatic N) is 1. The summed E-state index contributed by atoms with van der Waals surface area (Å²) in [6.07, 6.45) is 4.14. The van der Waals surface area contributed by atoms with Crippen molar-refractivity contribution in [1.29, 1.82) is 0 Å². The topological polar surface area (TPSA) is 72.1 Å². The van der Waals surface area contributed by atoms with Gasteiger partial charge in [0.2, 0.25) is 5.91 Å². The zero-order valence-corrected chi connectivity index (χ0v) is 26.7. The fourth-order valence-corrected chi connectivity index (χ4v) is 6.47. The van der Waals surface area contributed by atoms with Gasteiger partial charge in [-0.15, -0.1) is 0 Å². The van der Waals surface area contributed by atoms with Gasteiger partial charge in [-0.2, -0.15) is 0 Å². The summed E-state index contributed by atoms with van der Waals surface area (Å²) in [5, 5.41) is 7.32. The molecule has 2 aliphatic rings. The molecule has 230 valence electrons.